The van der Waals surface area contributed by atoms with Gasteiger partial charge in [0.1, 0.15) is 89.6 Å². The molecule has 122 heavy (non-hydrogen) atoms. The van der Waals surface area contributed by atoms with E-state index in [2.05, 4.69) is 0 Å². The molecule has 0 heterocycles. The molecule has 45 heteroatoms. The highest BCUT2D eigenvalue weighted by molar-refractivity contribution is 7.86. The Bertz CT molecular complexity index is 5210. The summed E-state index contributed by atoms with van der Waals surface area (Å²) in [6.45, 7) is 1.95. The Morgan fingerprint density at radius 2 is 0.582 bits per heavy atom. The van der Waals surface area contributed by atoms with Crippen LogP contribution in [0.1, 0.15) is 175 Å². The van der Waals surface area contributed by atoms with Crippen LogP contribution >= 0.6 is 0 Å². The first kappa shape index (κ1) is 104. The van der Waals surface area contributed by atoms with Crippen LogP contribution in [-0.2, 0) is 125 Å². The Morgan fingerprint density at radius 3 is 0.828 bits per heavy atom. The van der Waals surface area contributed by atoms with E-state index in [-0.39, 0.29) is 112 Å². The number of benzene rings is 6. The van der Waals surface area contributed by atoms with Gasteiger partial charge in [-0.1, -0.05) is 161 Å². The Morgan fingerprint density at radius 1 is 0.336 bits per heavy atom. The molecule has 0 bridgehead atoms. The van der Waals surface area contributed by atoms with Gasteiger partial charge >= 0.3 is 59.7 Å². The molecule has 10 radical (unpaired) electrons. The van der Waals surface area contributed by atoms with Gasteiger partial charge in [-0.3, -0.25) is 19.2 Å². The van der Waals surface area contributed by atoms with Crippen LogP contribution in [0.2, 0.25) is 0 Å². The van der Waals surface area contributed by atoms with Crippen molar-refractivity contribution in [2.45, 2.75) is 117 Å². The molecule has 0 N–H and O–H groups in total. The van der Waals surface area contributed by atoms with E-state index in [0.717, 1.165) is 57.8 Å². The van der Waals surface area contributed by atoms with Gasteiger partial charge in [-0.2, -0.15) is 0 Å². The monoisotopic (exact) mass is 1780 g/mol. The van der Waals surface area contributed by atoms with Crippen molar-refractivity contribution >= 4 is 150 Å². The maximum atomic E-state index is 12.4. The van der Waals surface area contributed by atoms with E-state index in [0.29, 0.717) is 27.8 Å². The molecule has 2 saturated carbocycles. The van der Waals surface area contributed by atoms with Gasteiger partial charge in [0.15, 0.2) is 0 Å². The summed E-state index contributed by atoms with van der Waals surface area (Å²) in [5.41, 5.74) is 3.25. The van der Waals surface area contributed by atoms with Crippen LogP contribution < -0.4 is 23.7 Å². The molecular formula is C77H82B5O35S5-5. The molecule has 650 valence electrons. The quantitative estimate of drug-likeness (QED) is 0.0167. The van der Waals surface area contributed by atoms with Crippen LogP contribution in [0.4, 0.5) is 0 Å². The fraction of sp³-hybridized carbons (Fsp3) is 0.403. The van der Waals surface area contributed by atoms with Crippen molar-refractivity contribution < 1.29 is 160 Å². The summed E-state index contributed by atoms with van der Waals surface area (Å²) >= 11 is 0. The Balaban J connectivity index is 0.000000321. The first-order chi connectivity index (χ1) is 57.3. The average Bonchev–Trinajstić information content (AvgIpc) is 1.05. The third-order valence-electron chi connectivity index (χ3n) is 16.8. The van der Waals surface area contributed by atoms with E-state index in [4.69, 9.17) is 86.6 Å². The highest BCUT2D eigenvalue weighted by Crippen LogP contribution is 2.32. The highest BCUT2D eigenvalue weighted by atomic mass is 32.2. The van der Waals surface area contributed by atoms with Crippen LogP contribution in [0.3, 0.4) is 0 Å². The van der Waals surface area contributed by atoms with Crippen LogP contribution in [-0.4, -0.2) is 226 Å². The lowest BCUT2D eigenvalue weighted by Gasteiger charge is -2.20. The second kappa shape index (κ2) is 51.1. The van der Waals surface area contributed by atoms with Crippen molar-refractivity contribution in [2.24, 2.45) is 17.8 Å². The van der Waals surface area contributed by atoms with Gasteiger partial charge in [0.05, 0.1) is 142 Å². The van der Waals surface area contributed by atoms with Gasteiger partial charge in [-0.25, -0.2) is 70.9 Å². The second-order valence-corrected chi connectivity index (χ2v) is 34.1. The largest absolute Gasteiger partial charge is 0.748 e. The third-order valence-corrected chi connectivity index (χ3v) is 20.1. The third kappa shape index (κ3) is 39.8. The Labute approximate surface area is 712 Å². The van der Waals surface area contributed by atoms with Gasteiger partial charge in [-0.05, 0) is 98.5 Å². The van der Waals surface area contributed by atoms with Crippen molar-refractivity contribution in [2.75, 3.05) is 61.8 Å². The molecule has 0 amide bonds. The molecule has 6 aromatic rings. The van der Waals surface area contributed by atoms with Gasteiger partial charge in [0.25, 0.3) is 0 Å². The summed E-state index contributed by atoms with van der Waals surface area (Å²) in [5, 5.41) is 0. The maximum Gasteiger partial charge on any atom is 0.343 e. The fourth-order valence-corrected chi connectivity index (χ4v) is 11.8. The standard InChI is InChI=1S/C17H21BO7S.C17H15BO7S.C16H19BO7S.C14H17BO7S.C13H15BO7S/c2*18-11-12-6-7-14(17(20)24-8-9-26(21,22)23)15(10-12)25-16(19)13-4-2-1-3-5-13;17-10-11-5-6-13(16(19)23-7-8-25(20,21)22)14(9-11)24-15(18)12-3-1-2-4-12;1-9(2)13(16)22-12-7-10(8-15)3-4-11(12)14(17)21-5-6-23(18,19)20;1-2-12(15)21-11-7-9(8-14)3-4-10(11)13(16)20-5-6-22(17,18)19/h6-7,10,13H,1-5,8-9,11H2,(H,21,22,23);1-7,10H,8-9,11H2,(H,21,22,23);5-6,9,12H,1-4,7-8,10H2,(H,20,21,22);3-4,7,9H,5-6,8H2,1-2H3,(H,18,19,20);3-4,7H,2,5-6,8H2,1H3,(H,17,18,19)/p-5. The normalized spacial score (nSPS) is 12.8. The van der Waals surface area contributed by atoms with Crippen molar-refractivity contribution in [3.63, 3.8) is 0 Å². The van der Waals surface area contributed by atoms with Crippen LogP contribution in [0.15, 0.2) is 121 Å². The van der Waals surface area contributed by atoms with E-state index in [1.807, 2.05) is 0 Å². The SMILES string of the molecule is [B]Cc1ccc(C(=O)OCCS(=O)(=O)[O-])c(OC(=O)C(C)C)c1.[B]Cc1ccc(C(=O)OCCS(=O)(=O)[O-])c(OC(=O)C2CCCC2)c1.[B]Cc1ccc(C(=O)OCCS(=O)(=O)[O-])c(OC(=O)C2CCCCC2)c1.[B]Cc1ccc(C(=O)OCCS(=O)(=O)[O-])c(OC(=O)CC)c1.[B]Cc1ccc(C(=O)OCCS(=O)(=O)[O-])c(OC(=O)c2ccccc2)c1. The number of hydrogen-bond acceptors (Lipinski definition) is 35. The predicted molar refractivity (Wildman–Crippen MR) is 431 cm³/mol. The molecule has 0 saturated heterocycles. The molecule has 2 fully saturated rings. The summed E-state index contributed by atoms with van der Waals surface area (Å²) < 4.78 is 208. The second-order valence-electron chi connectivity index (χ2n) is 26.5. The number of ether oxygens (including phenoxy) is 10. The topological polar surface area (TPSA) is 549 Å². The predicted octanol–water partition coefficient (Wildman–Crippen LogP) is 4.96. The van der Waals surface area contributed by atoms with Crippen LogP contribution in [0.5, 0.6) is 28.7 Å². The molecule has 0 aliphatic heterocycles. The molecule has 0 atom stereocenters. The first-order valence-corrected chi connectivity index (χ1v) is 45.0. The first-order valence-electron chi connectivity index (χ1n) is 37.1. The maximum absolute atomic E-state index is 12.4. The number of rotatable bonds is 35. The van der Waals surface area contributed by atoms with Crippen LogP contribution in [0.25, 0.3) is 0 Å². The summed E-state index contributed by atoms with van der Waals surface area (Å²) in [7, 11) is 5.27. The van der Waals surface area contributed by atoms with E-state index in [9.17, 15) is 113 Å². The minimum atomic E-state index is -4.51. The molecular weight excluding hydrogens is 1700 g/mol. The minimum Gasteiger partial charge on any atom is -0.748 e. The van der Waals surface area contributed by atoms with Gasteiger partial charge in [0, 0.05) is 6.42 Å². The van der Waals surface area contributed by atoms with Gasteiger partial charge < -0.3 is 70.1 Å². The van der Waals surface area contributed by atoms with E-state index >= 15 is 0 Å². The number of carbonyl (C=O) groups is 10. The zero-order chi connectivity index (χ0) is 91.1. The van der Waals surface area contributed by atoms with Crippen LogP contribution in [0, 0.1) is 17.8 Å². The smallest absolute Gasteiger partial charge is 0.343 e. The van der Waals surface area contributed by atoms with Crippen molar-refractivity contribution in [1.82, 2.24) is 0 Å². The molecule has 2 aliphatic rings. The molecule has 6 aromatic carbocycles. The lowest BCUT2D eigenvalue weighted by molar-refractivity contribution is -0.140. The minimum absolute atomic E-state index is 0.0188. The van der Waals surface area contributed by atoms with E-state index in [1.54, 1.807) is 81.4 Å². The zero-order valence-corrected chi connectivity index (χ0v) is 70.3. The molecule has 0 spiro atoms. The van der Waals surface area contributed by atoms with Crippen molar-refractivity contribution in [3.05, 3.63) is 183 Å². The summed E-state index contributed by atoms with van der Waals surface area (Å²) in [6.07, 6.45) is 8.92. The van der Waals surface area contributed by atoms with Gasteiger partial charge in [-0.15, -0.1) is 0 Å². The molecule has 0 unspecified atom stereocenters. The molecule has 2 aliphatic carbocycles. The molecule has 8 rings (SSSR count). The lowest BCUT2D eigenvalue weighted by Crippen LogP contribution is -2.24. The average molecular weight is 1780 g/mol. The Kier molecular flexibility index (Phi) is 43.7. The fourth-order valence-electron chi connectivity index (χ4n) is 10.3. The molecule has 35 nitrogen and oxygen atoms in total. The van der Waals surface area contributed by atoms with E-state index < -0.39 is 178 Å². The number of esters is 10. The zero-order valence-electron chi connectivity index (χ0n) is 66.2. The summed E-state index contributed by atoms with van der Waals surface area (Å²) in [6, 6.07) is 30.1. The van der Waals surface area contributed by atoms with Crippen molar-refractivity contribution in [1.29, 1.82) is 0 Å². The van der Waals surface area contributed by atoms with E-state index in [1.165, 1.54) is 60.7 Å². The lowest BCUT2D eigenvalue weighted by atomic mass is 9.89. The highest BCUT2D eigenvalue weighted by Gasteiger charge is 2.29. The Hall–Kier alpha value is -10.1. The summed E-state index contributed by atoms with van der Waals surface area (Å²) in [5.74, 6) is -12.1. The number of carbonyl (C=O) groups excluding carboxylic acids is 10. The summed E-state index contributed by atoms with van der Waals surface area (Å²) in [4.78, 5) is 120. The van der Waals surface area contributed by atoms with Crippen molar-refractivity contribution in [3.8, 4) is 28.7 Å². The molecule has 0 aromatic heterocycles. The number of hydrogen-bond donors (Lipinski definition) is 0. The van der Waals surface area contributed by atoms with Gasteiger partial charge in [0.2, 0.25) is 0 Å².